The fraction of sp³-hybridized carbons (Fsp3) is 0.545. The molecule has 0 saturated carbocycles. The molecule has 19 heavy (non-hydrogen) atoms. The fourth-order valence-corrected chi connectivity index (χ4v) is 2.98. The number of nitriles is 1. The van der Waals surface area contributed by atoms with Crippen molar-refractivity contribution < 1.29 is 9.53 Å². The second-order valence-corrected chi connectivity index (χ2v) is 5.23. The largest absolute Gasteiger partial charge is 0.464 e. The molecule has 0 radical (unpaired) electrons. The number of rotatable bonds is 3. The number of aromatic nitrogens is 1. The summed E-state index contributed by atoms with van der Waals surface area (Å²) in [5.74, 6) is -0.292. The number of nitrogens with one attached hydrogen (secondary N) is 1. The smallest absolute Gasteiger partial charge is 0.330 e. The Balaban J connectivity index is 2.23. The summed E-state index contributed by atoms with van der Waals surface area (Å²) in [5.41, 5.74) is 0. The molecule has 0 aliphatic carbocycles. The van der Waals surface area contributed by atoms with E-state index in [4.69, 9.17) is 21.6 Å². The number of ether oxygens (including phenoxy) is 1. The molecule has 1 unspecified atom stereocenters. The van der Waals surface area contributed by atoms with Gasteiger partial charge in [0.15, 0.2) is 10.3 Å². The van der Waals surface area contributed by atoms with E-state index in [-0.39, 0.29) is 11.1 Å². The van der Waals surface area contributed by atoms with Gasteiger partial charge in [0, 0.05) is 19.6 Å². The number of carbonyl (C=O) groups excluding carboxylic acids is 1. The lowest BCUT2D eigenvalue weighted by atomic mass is 10.2. The summed E-state index contributed by atoms with van der Waals surface area (Å²) >= 11 is 7.06. The van der Waals surface area contributed by atoms with Crippen LogP contribution in [0.4, 0.5) is 5.13 Å². The molecule has 1 aromatic rings. The Kier molecular flexibility index (Phi) is 4.58. The highest BCUT2D eigenvalue weighted by atomic mass is 35.5. The molecule has 0 amide bonds. The number of carbonyl (C=O) groups is 1. The molecule has 0 spiro atoms. The first-order valence-corrected chi connectivity index (χ1v) is 7.07. The molecule has 1 aliphatic rings. The molecule has 1 atom stereocenters. The lowest BCUT2D eigenvalue weighted by molar-refractivity contribution is -0.144. The number of halogens is 1. The van der Waals surface area contributed by atoms with Crippen molar-refractivity contribution >= 4 is 34.0 Å². The highest BCUT2D eigenvalue weighted by Crippen LogP contribution is 2.30. The van der Waals surface area contributed by atoms with Crippen molar-refractivity contribution in [3.8, 4) is 6.07 Å². The quantitative estimate of drug-likeness (QED) is 0.839. The molecule has 2 heterocycles. The van der Waals surface area contributed by atoms with Crippen molar-refractivity contribution in [1.29, 1.82) is 5.26 Å². The lowest BCUT2D eigenvalue weighted by Gasteiger charge is -2.34. The molecule has 1 fully saturated rings. The molecule has 2 rings (SSSR count). The van der Waals surface area contributed by atoms with Crippen molar-refractivity contribution in [3.05, 3.63) is 10.0 Å². The molecular weight excluding hydrogens is 288 g/mol. The second-order valence-electron chi connectivity index (χ2n) is 3.89. The Bertz CT molecular complexity index is 513. The average Bonchev–Trinajstić information content (AvgIpc) is 2.80. The van der Waals surface area contributed by atoms with Crippen LogP contribution in [0.2, 0.25) is 5.15 Å². The van der Waals surface area contributed by atoms with Gasteiger partial charge < -0.3 is 15.0 Å². The van der Waals surface area contributed by atoms with Crippen molar-refractivity contribution in [1.82, 2.24) is 10.3 Å². The summed E-state index contributed by atoms with van der Waals surface area (Å²) in [5, 5.41) is 12.8. The number of thiazole rings is 1. The van der Waals surface area contributed by atoms with Crippen LogP contribution in [0.3, 0.4) is 0 Å². The molecule has 1 saturated heterocycles. The van der Waals surface area contributed by atoms with E-state index in [1.807, 2.05) is 11.0 Å². The van der Waals surface area contributed by atoms with Gasteiger partial charge in [0.05, 0.1) is 6.61 Å². The standard InChI is InChI=1S/C11H13ClN4O2S/c1-2-18-10(17)7-6-14-3-4-16(7)11-15-9(12)8(5-13)19-11/h7,14H,2-4,6H2,1H3. The average molecular weight is 301 g/mol. The number of anilines is 1. The minimum atomic E-state index is -0.428. The zero-order valence-corrected chi connectivity index (χ0v) is 11.9. The summed E-state index contributed by atoms with van der Waals surface area (Å²) in [7, 11) is 0. The zero-order valence-electron chi connectivity index (χ0n) is 10.4. The van der Waals surface area contributed by atoms with Crippen LogP contribution >= 0.6 is 22.9 Å². The lowest BCUT2D eigenvalue weighted by Crippen LogP contribution is -2.55. The SMILES string of the molecule is CCOC(=O)C1CNCCN1c1nc(Cl)c(C#N)s1. The monoisotopic (exact) mass is 300 g/mol. The molecule has 0 aromatic carbocycles. The minimum absolute atomic E-state index is 0.184. The normalized spacial score (nSPS) is 19.0. The maximum absolute atomic E-state index is 11.9. The molecule has 1 aliphatic heterocycles. The maximum Gasteiger partial charge on any atom is 0.330 e. The van der Waals surface area contributed by atoms with Gasteiger partial charge in [0.2, 0.25) is 0 Å². The molecule has 6 nitrogen and oxygen atoms in total. The van der Waals surface area contributed by atoms with Gasteiger partial charge in [-0.05, 0) is 6.92 Å². The van der Waals surface area contributed by atoms with Crippen LogP contribution in [0, 0.1) is 11.3 Å². The Morgan fingerprint density at radius 2 is 2.58 bits per heavy atom. The van der Waals surface area contributed by atoms with E-state index < -0.39 is 6.04 Å². The van der Waals surface area contributed by atoms with E-state index in [9.17, 15) is 4.79 Å². The van der Waals surface area contributed by atoms with Gasteiger partial charge in [0.25, 0.3) is 0 Å². The van der Waals surface area contributed by atoms with E-state index >= 15 is 0 Å². The molecule has 0 bridgehead atoms. The number of piperazine rings is 1. The van der Waals surface area contributed by atoms with E-state index in [0.29, 0.717) is 29.7 Å². The fourth-order valence-electron chi connectivity index (χ4n) is 1.87. The van der Waals surface area contributed by atoms with E-state index in [0.717, 1.165) is 6.54 Å². The summed E-state index contributed by atoms with van der Waals surface area (Å²) < 4.78 is 5.05. The Labute approximate surface area is 119 Å². The maximum atomic E-state index is 11.9. The predicted octanol–water partition coefficient (Wildman–Crippen LogP) is 1.01. The summed E-state index contributed by atoms with van der Waals surface area (Å²) in [6.07, 6.45) is 0. The van der Waals surface area contributed by atoms with E-state index in [2.05, 4.69) is 10.3 Å². The van der Waals surface area contributed by atoms with Crippen LogP contribution in [0.15, 0.2) is 0 Å². The first-order chi connectivity index (χ1) is 9.17. The second kappa shape index (κ2) is 6.19. The van der Waals surface area contributed by atoms with Crippen molar-refractivity contribution in [2.45, 2.75) is 13.0 Å². The van der Waals surface area contributed by atoms with Crippen LogP contribution in [-0.4, -0.2) is 43.2 Å². The predicted molar refractivity (Wildman–Crippen MR) is 72.5 cm³/mol. The van der Waals surface area contributed by atoms with Crippen molar-refractivity contribution in [2.75, 3.05) is 31.1 Å². The third kappa shape index (κ3) is 2.97. The zero-order chi connectivity index (χ0) is 13.8. The Morgan fingerprint density at radius 1 is 1.79 bits per heavy atom. The molecule has 8 heteroatoms. The summed E-state index contributed by atoms with van der Waals surface area (Å²) in [4.78, 5) is 18.3. The van der Waals surface area contributed by atoms with Gasteiger partial charge in [-0.2, -0.15) is 5.26 Å². The first kappa shape index (κ1) is 14.1. The first-order valence-electron chi connectivity index (χ1n) is 5.87. The third-order valence-electron chi connectivity index (χ3n) is 2.72. The Hall–Kier alpha value is -1.36. The van der Waals surface area contributed by atoms with Gasteiger partial charge in [-0.25, -0.2) is 9.78 Å². The van der Waals surface area contributed by atoms with Gasteiger partial charge in [-0.15, -0.1) is 0 Å². The third-order valence-corrected chi connectivity index (χ3v) is 4.11. The number of hydrogen-bond donors (Lipinski definition) is 1. The van der Waals surface area contributed by atoms with E-state index in [1.165, 1.54) is 11.3 Å². The Morgan fingerprint density at radius 3 is 3.21 bits per heavy atom. The van der Waals surface area contributed by atoms with Gasteiger partial charge >= 0.3 is 5.97 Å². The van der Waals surface area contributed by atoms with Crippen LogP contribution in [0.1, 0.15) is 11.8 Å². The number of esters is 1. The molecule has 1 aromatic heterocycles. The highest BCUT2D eigenvalue weighted by molar-refractivity contribution is 7.16. The molecule has 1 N–H and O–H groups in total. The van der Waals surface area contributed by atoms with Crippen molar-refractivity contribution in [2.24, 2.45) is 0 Å². The number of hydrogen-bond acceptors (Lipinski definition) is 7. The van der Waals surface area contributed by atoms with Crippen LogP contribution in [0.5, 0.6) is 0 Å². The van der Waals surface area contributed by atoms with E-state index in [1.54, 1.807) is 6.92 Å². The highest BCUT2D eigenvalue weighted by Gasteiger charge is 2.32. The van der Waals surface area contributed by atoms with Crippen LogP contribution in [0.25, 0.3) is 0 Å². The topological polar surface area (TPSA) is 78.2 Å². The van der Waals surface area contributed by atoms with Crippen LogP contribution < -0.4 is 10.2 Å². The van der Waals surface area contributed by atoms with Gasteiger partial charge in [0.1, 0.15) is 17.0 Å². The van der Waals surface area contributed by atoms with Crippen molar-refractivity contribution in [3.63, 3.8) is 0 Å². The molecular formula is C11H13ClN4O2S. The summed E-state index contributed by atoms with van der Waals surface area (Å²) in [6, 6.07) is 1.56. The molecule has 102 valence electrons. The summed E-state index contributed by atoms with van der Waals surface area (Å²) in [6.45, 7) is 3.98. The van der Waals surface area contributed by atoms with Gasteiger partial charge in [-0.1, -0.05) is 22.9 Å². The van der Waals surface area contributed by atoms with Gasteiger partial charge in [-0.3, -0.25) is 0 Å². The number of nitrogens with zero attached hydrogens (tertiary/aromatic N) is 3. The minimum Gasteiger partial charge on any atom is -0.464 e. The van der Waals surface area contributed by atoms with Crippen LogP contribution in [-0.2, 0) is 9.53 Å².